The summed E-state index contributed by atoms with van der Waals surface area (Å²) in [6.07, 6.45) is 0. The molecule has 21 heavy (non-hydrogen) atoms. The highest BCUT2D eigenvalue weighted by atomic mass is 16.5. The van der Waals surface area contributed by atoms with E-state index in [0.29, 0.717) is 0 Å². The topological polar surface area (TPSA) is 131 Å². The summed E-state index contributed by atoms with van der Waals surface area (Å²) >= 11 is 0. The van der Waals surface area contributed by atoms with E-state index in [-0.39, 0.29) is 19.8 Å². The minimum absolute atomic E-state index is 0.0240. The van der Waals surface area contributed by atoms with Crippen molar-refractivity contribution < 1.29 is 38.5 Å². The van der Waals surface area contributed by atoms with E-state index in [0.717, 1.165) is 4.90 Å². The van der Waals surface area contributed by atoms with Crippen LogP contribution in [0.25, 0.3) is 0 Å². The van der Waals surface area contributed by atoms with Gasteiger partial charge in [-0.05, 0) is 0 Å². The van der Waals surface area contributed by atoms with Gasteiger partial charge in [0.1, 0.15) is 13.2 Å². The first kappa shape index (κ1) is 16.9. The molecule has 1 aliphatic heterocycles. The van der Waals surface area contributed by atoms with Gasteiger partial charge in [-0.1, -0.05) is 0 Å². The Morgan fingerprint density at radius 3 is 2.67 bits per heavy atom. The van der Waals surface area contributed by atoms with Crippen LogP contribution in [0, 0.1) is 0 Å². The maximum atomic E-state index is 11.9. The predicted molar refractivity (Wildman–Crippen MR) is 65.3 cm³/mol. The Hall–Kier alpha value is -2.20. The summed E-state index contributed by atoms with van der Waals surface area (Å²) < 4.78 is 14.2. The number of morpholine rings is 1. The number of amides is 3. The van der Waals surface area contributed by atoms with Gasteiger partial charge in [0.05, 0.1) is 20.3 Å². The van der Waals surface area contributed by atoms with E-state index in [4.69, 9.17) is 9.84 Å². The van der Waals surface area contributed by atoms with Gasteiger partial charge >= 0.3 is 18.0 Å². The normalized spacial score (nSPS) is 18.0. The van der Waals surface area contributed by atoms with E-state index in [9.17, 15) is 19.2 Å². The SMILES string of the molecule is COC(=O)C1COCCN1C(=O)NC(=O)COCC(=O)O. The van der Waals surface area contributed by atoms with Gasteiger partial charge in [-0.3, -0.25) is 10.1 Å². The van der Waals surface area contributed by atoms with Crippen molar-refractivity contribution in [2.75, 3.05) is 40.1 Å². The molecule has 0 aliphatic carbocycles. The highest BCUT2D eigenvalue weighted by Gasteiger charge is 2.34. The molecule has 10 nitrogen and oxygen atoms in total. The largest absolute Gasteiger partial charge is 0.480 e. The lowest BCUT2D eigenvalue weighted by molar-refractivity contribution is -0.151. The van der Waals surface area contributed by atoms with Crippen molar-refractivity contribution in [3.8, 4) is 0 Å². The summed E-state index contributed by atoms with van der Waals surface area (Å²) in [7, 11) is 1.18. The molecule has 3 amide bonds. The van der Waals surface area contributed by atoms with Crippen LogP contribution in [0.15, 0.2) is 0 Å². The summed E-state index contributed by atoms with van der Waals surface area (Å²) in [4.78, 5) is 46.1. The highest BCUT2D eigenvalue weighted by molar-refractivity contribution is 5.96. The molecule has 0 radical (unpaired) electrons. The molecule has 1 aliphatic rings. The van der Waals surface area contributed by atoms with E-state index in [1.54, 1.807) is 0 Å². The van der Waals surface area contributed by atoms with E-state index in [1.165, 1.54) is 7.11 Å². The van der Waals surface area contributed by atoms with Crippen molar-refractivity contribution in [2.24, 2.45) is 0 Å². The number of carboxylic acid groups (broad SMARTS) is 1. The van der Waals surface area contributed by atoms with Gasteiger partial charge in [0.2, 0.25) is 0 Å². The molecule has 0 aromatic heterocycles. The summed E-state index contributed by atoms with van der Waals surface area (Å²) in [5.41, 5.74) is 0. The van der Waals surface area contributed by atoms with Crippen LogP contribution in [-0.2, 0) is 28.6 Å². The van der Waals surface area contributed by atoms with Crippen LogP contribution in [0.2, 0.25) is 0 Å². The molecule has 1 fully saturated rings. The lowest BCUT2D eigenvalue weighted by Crippen LogP contribution is -2.57. The molecule has 0 bridgehead atoms. The minimum Gasteiger partial charge on any atom is -0.480 e. The van der Waals surface area contributed by atoms with Gasteiger partial charge in [0, 0.05) is 6.54 Å². The second kappa shape index (κ2) is 8.17. The molecule has 1 atom stereocenters. The van der Waals surface area contributed by atoms with Gasteiger partial charge in [0.15, 0.2) is 6.04 Å². The van der Waals surface area contributed by atoms with E-state index < -0.39 is 43.1 Å². The summed E-state index contributed by atoms with van der Waals surface area (Å²) in [6.45, 7) is -0.904. The molecule has 10 heteroatoms. The third-order valence-corrected chi connectivity index (χ3v) is 2.57. The minimum atomic E-state index is -1.23. The van der Waals surface area contributed by atoms with Gasteiger partial charge in [-0.2, -0.15) is 0 Å². The Morgan fingerprint density at radius 2 is 2.05 bits per heavy atom. The van der Waals surface area contributed by atoms with Crippen molar-refractivity contribution in [3.63, 3.8) is 0 Å². The molecule has 118 valence electrons. The van der Waals surface area contributed by atoms with Crippen LogP contribution in [0.1, 0.15) is 0 Å². The lowest BCUT2D eigenvalue weighted by atomic mass is 10.2. The molecule has 2 N–H and O–H groups in total. The summed E-state index contributed by atoms with van der Waals surface area (Å²) in [5, 5.41) is 10.3. The van der Waals surface area contributed by atoms with Crippen molar-refractivity contribution in [2.45, 2.75) is 6.04 Å². The van der Waals surface area contributed by atoms with Gasteiger partial charge in [-0.25, -0.2) is 14.4 Å². The molecule has 0 spiro atoms. The summed E-state index contributed by atoms with van der Waals surface area (Å²) in [6, 6.07) is -1.73. The van der Waals surface area contributed by atoms with Crippen LogP contribution >= 0.6 is 0 Å². The van der Waals surface area contributed by atoms with Crippen LogP contribution in [-0.4, -0.2) is 80.0 Å². The molecule has 1 saturated heterocycles. The number of nitrogens with zero attached hydrogens (tertiary/aromatic N) is 1. The predicted octanol–water partition coefficient (Wildman–Crippen LogP) is -1.80. The van der Waals surface area contributed by atoms with Gasteiger partial charge in [0.25, 0.3) is 5.91 Å². The number of imide groups is 1. The third-order valence-electron chi connectivity index (χ3n) is 2.57. The fourth-order valence-corrected chi connectivity index (χ4v) is 1.64. The van der Waals surface area contributed by atoms with Crippen molar-refractivity contribution in [1.82, 2.24) is 10.2 Å². The molecule has 1 heterocycles. The second-order valence-electron chi connectivity index (χ2n) is 4.05. The molecular weight excluding hydrogens is 288 g/mol. The standard InChI is InChI=1S/C11H16N2O8/c1-19-10(17)7-4-20-3-2-13(7)11(18)12-8(14)5-21-6-9(15)16/h7H,2-6H2,1H3,(H,15,16)(H,12,14,18). The van der Waals surface area contributed by atoms with Crippen molar-refractivity contribution in [3.05, 3.63) is 0 Å². The number of aliphatic carboxylic acids is 1. The number of ether oxygens (including phenoxy) is 3. The fraction of sp³-hybridized carbons (Fsp3) is 0.636. The van der Waals surface area contributed by atoms with Crippen LogP contribution in [0.4, 0.5) is 4.79 Å². The van der Waals surface area contributed by atoms with Gasteiger partial charge in [-0.15, -0.1) is 0 Å². The average molecular weight is 304 g/mol. The first-order valence-electron chi connectivity index (χ1n) is 6.01. The first-order valence-corrected chi connectivity index (χ1v) is 6.01. The molecule has 0 aromatic carbocycles. The third kappa shape index (κ3) is 5.36. The monoisotopic (exact) mass is 304 g/mol. The molecule has 1 unspecified atom stereocenters. The smallest absolute Gasteiger partial charge is 0.331 e. The molecular formula is C11H16N2O8. The summed E-state index contributed by atoms with van der Waals surface area (Å²) in [5.74, 6) is -2.69. The second-order valence-corrected chi connectivity index (χ2v) is 4.05. The number of rotatable bonds is 5. The van der Waals surface area contributed by atoms with Gasteiger partial charge < -0.3 is 24.2 Å². The number of hydrogen-bond acceptors (Lipinski definition) is 7. The average Bonchev–Trinajstić information content (AvgIpc) is 2.45. The number of urea groups is 1. The van der Waals surface area contributed by atoms with Crippen LogP contribution in [0.3, 0.4) is 0 Å². The van der Waals surface area contributed by atoms with E-state index in [2.05, 4.69) is 9.47 Å². The number of carbonyl (C=O) groups is 4. The Kier molecular flexibility index (Phi) is 6.56. The quantitative estimate of drug-likeness (QED) is 0.568. The number of hydrogen-bond donors (Lipinski definition) is 2. The molecule has 1 rings (SSSR count). The number of esters is 1. The highest BCUT2D eigenvalue weighted by Crippen LogP contribution is 2.08. The molecule has 0 aromatic rings. The zero-order valence-corrected chi connectivity index (χ0v) is 11.4. The number of methoxy groups -OCH3 is 1. The van der Waals surface area contributed by atoms with Crippen molar-refractivity contribution >= 4 is 23.9 Å². The van der Waals surface area contributed by atoms with Crippen molar-refractivity contribution in [1.29, 1.82) is 0 Å². The number of carboxylic acids is 1. The van der Waals surface area contributed by atoms with E-state index >= 15 is 0 Å². The Morgan fingerprint density at radius 1 is 1.33 bits per heavy atom. The fourth-order valence-electron chi connectivity index (χ4n) is 1.64. The molecule has 0 saturated carbocycles. The number of carbonyl (C=O) groups excluding carboxylic acids is 3. The zero-order valence-electron chi connectivity index (χ0n) is 11.4. The van der Waals surface area contributed by atoms with Crippen LogP contribution in [0.5, 0.6) is 0 Å². The first-order chi connectivity index (χ1) is 9.95. The Balaban J connectivity index is 2.50. The zero-order chi connectivity index (χ0) is 15.8. The lowest BCUT2D eigenvalue weighted by Gasteiger charge is -2.33. The Labute approximate surface area is 119 Å². The van der Waals surface area contributed by atoms with E-state index in [1.807, 2.05) is 5.32 Å². The van der Waals surface area contributed by atoms with Crippen LogP contribution < -0.4 is 5.32 Å². The maximum Gasteiger partial charge on any atom is 0.331 e. The Bertz CT molecular complexity index is 424. The number of nitrogens with one attached hydrogen (secondary N) is 1. The maximum absolute atomic E-state index is 11.9.